The Bertz CT molecular complexity index is 1200. The third-order valence-corrected chi connectivity index (χ3v) is 5.88. The summed E-state index contributed by atoms with van der Waals surface area (Å²) in [5.41, 5.74) is 1.42. The van der Waals surface area contributed by atoms with E-state index in [1.165, 1.54) is 17.8 Å². The molecule has 0 spiro atoms. The van der Waals surface area contributed by atoms with Crippen LogP contribution in [-0.2, 0) is 23.2 Å². The first kappa shape index (κ1) is 25.1. The van der Waals surface area contributed by atoms with Crippen molar-refractivity contribution in [2.45, 2.75) is 11.7 Å². The number of amides is 2. The van der Waals surface area contributed by atoms with Gasteiger partial charge in [0.15, 0.2) is 22.5 Å². The number of rotatable bonds is 10. The molecule has 0 aliphatic rings. The summed E-state index contributed by atoms with van der Waals surface area (Å²) in [7, 11) is 4.89. The fourth-order valence-corrected chi connectivity index (χ4v) is 3.79. The van der Waals surface area contributed by atoms with Gasteiger partial charge in [-0.1, -0.05) is 35.5 Å². The second kappa shape index (κ2) is 12.1. The largest absolute Gasteiger partial charge is 0.493 e. The highest BCUT2D eigenvalue weighted by Crippen LogP contribution is 2.28. The monoisotopic (exact) mass is 501 g/mol. The quantitative estimate of drug-likeness (QED) is 0.323. The van der Waals surface area contributed by atoms with Crippen molar-refractivity contribution >= 4 is 46.9 Å². The zero-order valence-electron chi connectivity index (χ0n) is 18.9. The van der Waals surface area contributed by atoms with Crippen LogP contribution in [0, 0.1) is 0 Å². The van der Waals surface area contributed by atoms with E-state index in [1.807, 2.05) is 6.07 Å². The predicted molar refractivity (Wildman–Crippen MR) is 132 cm³/mol. The fourth-order valence-electron chi connectivity index (χ4n) is 2.87. The molecule has 9 nitrogen and oxygen atoms in total. The number of nitrogens with one attached hydrogen (secondary N) is 2. The van der Waals surface area contributed by atoms with Crippen molar-refractivity contribution in [2.24, 2.45) is 7.05 Å². The molecule has 0 radical (unpaired) electrons. The number of thioether (sulfide) groups is 1. The van der Waals surface area contributed by atoms with E-state index in [-0.39, 0.29) is 24.1 Å². The summed E-state index contributed by atoms with van der Waals surface area (Å²) in [6.45, 7) is 0.188. The molecule has 0 saturated carbocycles. The summed E-state index contributed by atoms with van der Waals surface area (Å²) in [5, 5.41) is 14.8. The molecular formula is C23H24ClN5O4S. The number of methoxy groups -OCH3 is 2. The van der Waals surface area contributed by atoms with Crippen molar-refractivity contribution in [3.8, 4) is 11.5 Å². The van der Waals surface area contributed by atoms with Gasteiger partial charge >= 0.3 is 0 Å². The SMILES string of the molecule is COc1ccc(/C=C/C(=O)NCc2nnc(SCC(=O)Nc3cccc(Cl)c3)n2C)cc1OC. The first-order chi connectivity index (χ1) is 16.4. The van der Waals surface area contributed by atoms with Crippen LogP contribution in [0.1, 0.15) is 11.4 Å². The lowest BCUT2D eigenvalue weighted by Gasteiger charge is -2.07. The number of carbonyl (C=O) groups is 2. The van der Waals surface area contributed by atoms with Gasteiger partial charge in [0.2, 0.25) is 11.8 Å². The molecular weight excluding hydrogens is 478 g/mol. The van der Waals surface area contributed by atoms with Crippen LogP contribution in [0.15, 0.2) is 53.7 Å². The second-order valence-corrected chi connectivity index (χ2v) is 8.35. The number of anilines is 1. The van der Waals surface area contributed by atoms with Crippen LogP contribution in [0.5, 0.6) is 11.5 Å². The molecule has 0 unspecified atom stereocenters. The van der Waals surface area contributed by atoms with Gasteiger partial charge in [-0.05, 0) is 42.0 Å². The molecule has 1 heterocycles. The maximum absolute atomic E-state index is 12.2. The minimum atomic E-state index is -0.284. The molecule has 0 aliphatic carbocycles. The van der Waals surface area contributed by atoms with E-state index in [0.29, 0.717) is 33.2 Å². The Hall–Kier alpha value is -3.50. The lowest BCUT2D eigenvalue weighted by atomic mass is 10.2. The maximum atomic E-state index is 12.2. The van der Waals surface area contributed by atoms with Crippen LogP contribution >= 0.6 is 23.4 Å². The number of ether oxygens (including phenoxy) is 2. The van der Waals surface area contributed by atoms with Gasteiger partial charge in [0.25, 0.3) is 0 Å². The van der Waals surface area contributed by atoms with Crippen molar-refractivity contribution < 1.29 is 19.1 Å². The molecule has 3 aromatic rings. The third-order valence-electron chi connectivity index (χ3n) is 4.62. The van der Waals surface area contributed by atoms with Gasteiger partial charge in [-0.25, -0.2) is 0 Å². The van der Waals surface area contributed by atoms with Gasteiger partial charge in [0, 0.05) is 23.8 Å². The Kier molecular flexibility index (Phi) is 8.94. The van der Waals surface area contributed by atoms with Gasteiger partial charge in [-0.2, -0.15) is 0 Å². The summed E-state index contributed by atoms with van der Waals surface area (Å²) in [5.74, 6) is 1.43. The molecule has 178 valence electrons. The summed E-state index contributed by atoms with van der Waals surface area (Å²) in [4.78, 5) is 24.4. The summed E-state index contributed by atoms with van der Waals surface area (Å²) >= 11 is 7.17. The normalized spacial score (nSPS) is 10.8. The second-order valence-electron chi connectivity index (χ2n) is 6.97. The lowest BCUT2D eigenvalue weighted by Crippen LogP contribution is -2.22. The Morgan fingerprint density at radius 1 is 1.12 bits per heavy atom. The van der Waals surface area contributed by atoms with E-state index in [2.05, 4.69) is 20.8 Å². The lowest BCUT2D eigenvalue weighted by molar-refractivity contribution is -0.116. The number of benzene rings is 2. The molecule has 2 aromatic carbocycles. The van der Waals surface area contributed by atoms with Crippen LogP contribution in [0.3, 0.4) is 0 Å². The third kappa shape index (κ3) is 7.00. The number of hydrogen-bond donors (Lipinski definition) is 2. The standard InChI is InChI=1S/C23H24ClN5O4S/c1-29-20(13-25-21(30)10-8-15-7-9-18(32-2)19(11-15)33-3)27-28-23(29)34-14-22(31)26-17-6-4-5-16(24)12-17/h4-12H,13-14H2,1-3H3,(H,25,30)(H,26,31)/b10-8+. The van der Waals surface area contributed by atoms with E-state index < -0.39 is 0 Å². The predicted octanol–water partition coefficient (Wildman–Crippen LogP) is 3.55. The number of carbonyl (C=O) groups excluding carboxylic acids is 2. The van der Waals surface area contributed by atoms with Crippen LogP contribution < -0.4 is 20.1 Å². The summed E-state index contributed by atoms with van der Waals surface area (Å²) in [6.07, 6.45) is 3.10. The Balaban J connectivity index is 1.49. The molecule has 11 heteroatoms. The smallest absolute Gasteiger partial charge is 0.244 e. The molecule has 0 aliphatic heterocycles. The number of hydrogen-bond acceptors (Lipinski definition) is 7. The van der Waals surface area contributed by atoms with Crippen molar-refractivity contribution in [1.82, 2.24) is 20.1 Å². The minimum absolute atomic E-state index is 0.152. The summed E-state index contributed by atoms with van der Waals surface area (Å²) in [6, 6.07) is 12.3. The van der Waals surface area contributed by atoms with Crippen LogP contribution in [-0.4, -0.2) is 46.6 Å². The van der Waals surface area contributed by atoms with Gasteiger partial charge in [-0.3, -0.25) is 9.59 Å². The topological polar surface area (TPSA) is 107 Å². The van der Waals surface area contributed by atoms with Gasteiger partial charge in [0.1, 0.15) is 0 Å². The van der Waals surface area contributed by atoms with Crippen molar-refractivity contribution in [1.29, 1.82) is 0 Å². The zero-order chi connectivity index (χ0) is 24.5. The summed E-state index contributed by atoms with van der Waals surface area (Å²) < 4.78 is 12.2. The van der Waals surface area contributed by atoms with E-state index in [9.17, 15) is 9.59 Å². The molecule has 0 saturated heterocycles. The molecule has 0 fully saturated rings. The maximum Gasteiger partial charge on any atom is 0.244 e. The first-order valence-electron chi connectivity index (χ1n) is 10.1. The molecule has 1 aromatic heterocycles. The first-order valence-corrected chi connectivity index (χ1v) is 11.5. The molecule has 3 rings (SSSR count). The average molecular weight is 502 g/mol. The van der Waals surface area contributed by atoms with Crippen molar-refractivity contribution in [2.75, 3.05) is 25.3 Å². The van der Waals surface area contributed by atoms with Gasteiger partial charge in [-0.15, -0.1) is 10.2 Å². The highest BCUT2D eigenvalue weighted by atomic mass is 35.5. The van der Waals surface area contributed by atoms with E-state index in [4.69, 9.17) is 21.1 Å². The van der Waals surface area contributed by atoms with E-state index in [0.717, 1.165) is 5.56 Å². The zero-order valence-corrected chi connectivity index (χ0v) is 20.4. The fraction of sp³-hybridized carbons (Fsp3) is 0.217. The van der Waals surface area contributed by atoms with Crippen LogP contribution in [0.4, 0.5) is 5.69 Å². The molecule has 2 amide bonds. The molecule has 0 bridgehead atoms. The molecule has 0 atom stereocenters. The van der Waals surface area contributed by atoms with E-state index in [1.54, 1.807) is 68.3 Å². The number of halogens is 1. The van der Waals surface area contributed by atoms with Crippen LogP contribution in [0.2, 0.25) is 5.02 Å². The van der Waals surface area contributed by atoms with Gasteiger partial charge in [0.05, 0.1) is 26.5 Å². The van der Waals surface area contributed by atoms with Crippen LogP contribution in [0.25, 0.3) is 6.08 Å². The Morgan fingerprint density at radius 3 is 2.65 bits per heavy atom. The number of aromatic nitrogens is 3. The molecule has 2 N–H and O–H groups in total. The minimum Gasteiger partial charge on any atom is -0.493 e. The van der Waals surface area contributed by atoms with Crippen molar-refractivity contribution in [3.63, 3.8) is 0 Å². The average Bonchev–Trinajstić information content (AvgIpc) is 3.19. The Morgan fingerprint density at radius 2 is 1.91 bits per heavy atom. The molecule has 34 heavy (non-hydrogen) atoms. The Labute approximate surface area is 206 Å². The highest BCUT2D eigenvalue weighted by molar-refractivity contribution is 7.99. The van der Waals surface area contributed by atoms with Gasteiger partial charge < -0.3 is 24.7 Å². The number of nitrogens with zero attached hydrogens (tertiary/aromatic N) is 3. The highest BCUT2D eigenvalue weighted by Gasteiger charge is 2.12. The van der Waals surface area contributed by atoms with Crippen molar-refractivity contribution in [3.05, 3.63) is 65.0 Å². The van der Waals surface area contributed by atoms with E-state index >= 15 is 0 Å².